The molecule has 0 saturated carbocycles. The standard InChI is InChI=1S/C11H15FN2O3/c1-17-11-8(4-2-3-5-13)6-9(14(15)16)7-10(11)12/h6-7H,2-5,13H2,1H3. The fourth-order valence-corrected chi connectivity index (χ4v) is 1.61. The molecule has 0 aliphatic carbocycles. The third kappa shape index (κ3) is 3.39. The van der Waals surface area contributed by atoms with E-state index in [1.165, 1.54) is 13.2 Å². The fraction of sp³-hybridized carbons (Fsp3) is 0.455. The lowest BCUT2D eigenvalue weighted by Gasteiger charge is -2.09. The van der Waals surface area contributed by atoms with Crippen molar-refractivity contribution in [2.75, 3.05) is 13.7 Å². The SMILES string of the molecule is COc1c(F)cc([N+](=O)[O-])cc1CCCCN. The van der Waals surface area contributed by atoms with Crippen molar-refractivity contribution in [3.63, 3.8) is 0 Å². The molecule has 0 aromatic heterocycles. The molecule has 0 bridgehead atoms. The lowest BCUT2D eigenvalue weighted by Crippen LogP contribution is -2.02. The summed E-state index contributed by atoms with van der Waals surface area (Å²) in [6.07, 6.45) is 2.04. The first-order valence-corrected chi connectivity index (χ1v) is 5.31. The van der Waals surface area contributed by atoms with Gasteiger partial charge in [0.2, 0.25) is 0 Å². The van der Waals surface area contributed by atoms with Crippen molar-refractivity contribution in [1.29, 1.82) is 0 Å². The second-order valence-electron chi connectivity index (χ2n) is 3.62. The number of non-ortho nitro benzene ring substituents is 1. The molecule has 0 atom stereocenters. The molecule has 5 nitrogen and oxygen atoms in total. The molecule has 0 aliphatic heterocycles. The molecule has 94 valence electrons. The number of benzene rings is 1. The number of halogens is 1. The van der Waals surface area contributed by atoms with Gasteiger partial charge in [-0.25, -0.2) is 4.39 Å². The average Bonchev–Trinajstić information content (AvgIpc) is 2.28. The molecule has 6 heteroatoms. The van der Waals surface area contributed by atoms with Gasteiger partial charge in [-0.15, -0.1) is 0 Å². The van der Waals surface area contributed by atoms with Crippen LogP contribution in [0, 0.1) is 15.9 Å². The third-order valence-electron chi connectivity index (χ3n) is 2.42. The van der Waals surface area contributed by atoms with Gasteiger partial charge in [-0.05, 0) is 25.8 Å². The minimum absolute atomic E-state index is 0.0765. The Morgan fingerprint density at radius 2 is 2.18 bits per heavy atom. The van der Waals surface area contributed by atoms with Gasteiger partial charge in [-0.3, -0.25) is 10.1 Å². The zero-order valence-electron chi connectivity index (χ0n) is 9.61. The molecule has 17 heavy (non-hydrogen) atoms. The predicted molar refractivity (Wildman–Crippen MR) is 61.6 cm³/mol. The van der Waals surface area contributed by atoms with Crippen LogP contribution in [0.5, 0.6) is 5.75 Å². The van der Waals surface area contributed by atoms with Crippen molar-refractivity contribution >= 4 is 5.69 Å². The number of nitro benzene ring substituents is 1. The Balaban J connectivity index is 3.01. The summed E-state index contributed by atoms with van der Waals surface area (Å²) in [5, 5.41) is 10.6. The fourth-order valence-electron chi connectivity index (χ4n) is 1.61. The Hall–Kier alpha value is -1.69. The molecule has 0 amide bonds. The molecular formula is C11H15FN2O3. The van der Waals surface area contributed by atoms with E-state index in [2.05, 4.69) is 0 Å². The smallest absolute Gasteiger partial charge is 0.272 e. The Labute approximate surface area is 98.5 Å². The highest BCUT2D eigenvalue weighted by atomic mass is 19.1. The predicted octanol–water partition coefficient (Wildman–Crippen LogP) is 2.02. The molecule has 0 fully saturated rings. The molecule has 1 aromatic carbocycles. The highest BCUT2D eigenvalue weighted by Gasteiger charge is 2.16. The first-order valence-electron chi connectivity index (χ1n) is 5.31. The van der Waals surface area contributed by atoms with Crippen LogP contribution in [-0.2, 0) is 6.42 Å². The van der Waals surface area contributed by atoms with E-state index in [1.807, 2.05) is 0 Å². The number of hydrogen-bond donors (Lipinski definition) is 1. The zero-order valence-corrected chi connectivity index (χ0v) is 9.61. The molecule has 0 radical (unpaired) electrons. The van der Waals surface area contributed by atoms with Gasteiger partial charge in [0.15, 0.2) is 11.6 Å². The largest absolute Gasteiger partial charge is 0.493 e. The maximum Gasteiger partial charge on any atom is 0.272 e. The summed E-state index contributed by atoms with van der Waals surface area (Å²) in [5.41, 5.74) is 5.61. The number of aryl methyl sites for hydroxylation is 1. The van der Waals surface area contributed by atoms with E-state index in [1.54, 1.807) is 0 Å². The van der Waals surface area contributed by atoms with E-state index >= 15 is 0 Å². The Bertz CT molecular complexity index is 410. The Morgan fingerprint density at radius 3 is 2.71 bits per heavy atom. The van der Waals surface area contributed by atoms with Gasteiger partial charge >= 0.3 is 0 Å². The zero-order chi connectivity index (χ0) is 12.8. The van der Waals surface area contributed by atoms with Crippen LogP contribution in [0.4, 0.5) is 10.1 Å². The van der Waals surface area contributed by atoms with E-state index in [-0.39, 0.29) is 11.4 Å². The number of hydrogen-bond acceptors (Lipinski definition) is 4. The quantitative estimate of drug-likeness (QED) is 0.470. The summed E-state index contributed by atoms with van der Waals surface area (Å²) in [7, 11) is 1.34. The first kappa shape index (κ1) is 13.4. The van der Waals surface area contributed by atoms with Crippen molar-refractivity contribution < 1.29 is 14.1 Å². The van der Waals surface area contributed by atoms with Gasteiger partial charge in [0.25, 0.3) is 5.69 Å². The van der Waals surface area contributed by atoms with Crippen molar-refractivity contribution in [2.45, 2.75) is 19.3 Å². The molecular weight excluding hydrogens is 227 g/mol. The van der Waals surface area contributed by atoms with Gasteiger partial charge in [-0.1, -0.05) is 0 Å². The van der Waals surface area contributed by atoms with Crippen LogP contribution in [0.3, 0.4) is 0 Å². The van der Waals surface area contributed by atoms with Crippen molar-refractivity contribution in [1.82, 2.24) is 0 Å². The normalized spacial score (nSPS) is 10.3. The molecule has 2 N–H and O–H groups in total. The number of ether oxygens (including phenoxy) is 1. The third-order valence-corrected chi connectivity index (χ3v) is 2.42. The summed E-state index contributed by atoms with van der Waals surface area (Å²) >= 11 is 0. The van der Waals surface area contributed by atoms with E-state index in [9.17, 15) is 14.5 Å². The maximum atomic E-state index is 13.5. The lowest BCUT2D eigenvalue weighted by atomic mass is 10.1. The van der Waals surface area contributed by atoms with E-state index in [0.29, 0.717) is 18.5 Å². The lowest BCUT2D eigenvalue weighted by molar-refractivity contribution is -0.385. The summed E-state index contributed by atoms with van der Waals surface area (Å²) < 4.78 is 18.4. The molecule has 0 saturated heterocycles. The monoisotopic (exact) mass is 242 g/mol. The maximum absolute atomic E-state index is 13.5. The summed E-state index contributed by atoms with van der Waals surface area (Å²) in [5.74, 6) is -0.628. The molecule has 0 aliphatic rings. The number of nitro groups is 1. The first-order chi connectivity index (χ1) is 8.10. The summed E-state index contributed by atoms with van der Waals surface area (Å²) in [6, 6.07) is 2.21. The Kier molecular flexibility index (Phi) is 4.84. The summed E-state index contributed by atoms with van der Waals surface area (Å²) in [6.45, 7) is 0.541. The highest BCUT2D eigenvalue weighted by molar-refractivity contribution is 5.45. The summed E-state index contributed by atoms with van der Waals surface area (Å²) in [4.78, 5) is 10.00. The number of methoxy groups -OCH3 is 1. The van der Waals surface area contributed by atoms with Crippen molar-refractivity contribution in [3.05, 3.63) is 33.6 Å². The molecule has 0 unspecified atom stereocenters. The average molecular weight is 242 g/mol. The minimum Gasteiger partial charge on any atom is -0.493 e. The molecule has 0 spiro atoms. The van der Waals surface area contributed by atoms with Crippen LogP contribution in [0.15, 0.2) is 12.1 Å². The van der Waals surface area contributed by atoms with Gasteiger partial charge in [0, 0.05) is 11.6 Å². The van der Waals surface area contributed by atoms with Crippen LogP contribution in [0.1, 0.15) is 18.4 Å². The van der Waals surface area contributed by atoms with Crippen molar-refractivity contribution in [3.8, 4) is 5.75 Å². The minimum atomic E-state index is -0.704. The number of nitrogens with two attached hydrogens (primary N) is 1. The van der Waals surface area contributed by atoms with E-state index in [0.717, 1.165) is 18.9 Å². The molecule has 0 heterocycles. The van der Waals surface area contributed by atoms with Gasteiger partial charge < -0.3 is 10.5 Å². The van der Waals surface area contributed by atoms with E-state index in [4.69, 9.17) is 10.5 Å². The topological polar surface area (TPSA) is 78.4 Å². The number of rotatable bonds is 6. The van der Waals surface area contributed by atoms with Crippen LogP contribution in [0.25, 0.3) is 0 Å². The second-order valence-corrected chi connectivity index (χ2v) is 3.62. The van der Waals surface area contributed by atoms with Gasteiger partial charge in [0.1, 0.15) is 0 Å². The second kappa shape index (κ2) is 6.15. The molecule has 1 rings (SSSR count). The van der Waals surface area contributed by atoms with Gasteiger partial charge in [0.05, 0.1) is 18.1 Å². The van der Waals surface area contributed by atoms with E-state index < -0.39 is 10.7 Å². The number of unbranched alkanes of at least 4 members (excludes halogenated alkanes) is 1. The molecule has 1 aromatic rings. The Morgan fingerprint density at radius 1 is 1.47 bits per heavy atom. The van der Waals surface area contributed by atoms with Crippen LogP contribution in [-0.4, -0.2) is 18.6 Å². The van der Waals surface area contributed by atoms with Crippen LogP contribution in [0.2, 0.25) is 0 Å². The van der Waals surface area contributed by atoms with Crippen molar-refractivity contribution in [2.24, 2.45) is 5.73 Å². The van der Waals surface area contributed by atoms with Crippen LogP contribution >= 0.6 is 0 Å². The van der Waals surface area contributed by atoms with Crippen LogP contribution < -0.4 is 10.5 Å². The number of nitrogens with zero attached hydrogens (tertiary/aromatic N) is 1. The van der Waals surface area contributed by atoms with Gasteiger partial charge in [-0.2, -0.15) is 0 Å². The highest BCUT2D eigenvalue weighted by Crippen LogP contribution is 2.29.